The molecule has 2 N–H and O–H groups in total. The van der Waals surface area contributed by atoms with Crippen LogP contribution < -0.4 is 15.4 Å². The largest absolute Gasteiger partial charge is 0.494 e. The van der Waals surface area contributed by atoms with Gasteiger partial charge in [-0.3, -0.25) is 14.4 Å². The number of anilines is 1. The molecule has 0 saturated carbocycles. The lowest BCUT2D eigenvalue weighted by atomic mass is 9.97. The Kier molecular flexibility index (Phi) is 8.87. The second-order valence-electron chi connectivity index (χ2n) is 6.75. The summed E-state index contributed by atoms with van der Waals surface area (Å²) in [5, 5.41) is 5.24. The van der Waals surface area contributed by atoms with Crippen molar-refractivity contribution in [2.75, 3.05) is 25.1 Å². The van der Waals surface area contributed by atoms with Crippen LogP contribution in [0.1, 0.15) is 49.0 Å². The molecule has 0 aliphatic carbocycles. The monoisotopic (exact) mass is 412 g/mol. The van der Waals surface area contributed by atoms with Gasteiger partial charge in [0, 0.05) is 11.3 Å². The van der Waals surface area contributed by atoms with Crippen LogP contribution in [-0.2, 0) is 14.3 Å². The highest BCUT2D eigenvalue weighted by atomic mass is 16.5. The van der Waals surface area contributed by atoms with Crippen molar-refractivity contribution in [2.45, 2.75) is 33.1 Å². The quantitative estimate of drug-likeness (QED) is 0.583. The van der Waals surface area contributed by atoms with E-state index in [0.29, 0.717) is 29.5 Å². The van der Waals surface area contributed by atoms with Gasteiger partial charge >= 0.3 is 5.97 Å². The molecule has 0 unspecified atom stereocenters. The third-order valence-corrected chi connectivity index (χ3v) is 4.56. The molecule has 7 heteroatoms. The molecule has 0 spiro atoms. The first-order valence-electron chi connectivity index (χ1n) is 10.00. The van der Waals surface area contributed by atoms with E-state index in [9.17, 15) is 14.4 Å². The fraction of sp³-hybridized carbons (Fsp3) is 0.348. The fourth-order valence-corrected chi connectivity index (χ4v) is 2.77. The Balaban J connectivity index is 1.78. The zero-order valence-corrected chi connectivity index (χ0v) is 17.6. The van der Waals surface area contributed by atoms with E-state index in [1.165, 1.54) is 0 Å². The van der Waals surface area contributed by atoms with Crippen molar-refractivity contribution >= 4 is 23.5 Å². The van der Waals surface area contributed by atoms with Crippen LogP contribution in [0, 0.1) is 0 Å². The standard InChI is InChI=1S/C23H28N2O5/c1-4-16(3)19-8-6-7-9-20(19)25-21(26)15-30-22(27)14-24-23(28)17-10-12-18(13-11-17)29-5-2/h6-13,16H,4-5,14-15H2,1-3H3,(H,24,28)(H,25,26)/t16-/m1/s1. The van der Waals surface area contributed by atoms with Crippen LogP contribution in [0.2, 0.25) is 0 Å². The molecule has 0 bridgehead atoms. The average Bonchev–Trinajstić information content (AvgIpc) is 2.76. The van der Waals surface area contributed by atoms with Crippen molar-refractivity contribution in [3.8, 4) is 5.75 Å². The number of esters is 1. The zero-order chi connectivity index (χ0) is 21.9. The summed E-state index contributed by atoms with van der Waals surface area (Å²) in [6.07, 6.45) is 0.940. The maximum absolute atomic E-state index is 12.1. The van der Waals surface area contributed by atoms with E-state index >= 15 is 0 Å². The maximum atomic E-state index is 12.1. The molecule has 1 atom stereocenters. The number of amides is 2. The van der Waals surface area contributed by atoms with E-state index in [1.54, 1.807) is 24.3 Å². The smallest absolute Gasteiger partial charge is 0.325 e. The van der Waals surface area contributed by atoms with E-state index in [-0.39, 0.29) is 6.54 Å². The molecule has 2 aromatic rings. The Bertz CT molecular complexity index is 864. The number of ether oxygens (including phenoxy) is 2. The van der Waals surface area contributed by atoms with Crippen LogP contribution in [0.4, 0.5) is 5.69 Å². The van der Waals surface area contributed by atoms with Crippen LogP contribution >= 0.6 is 0 Å². The second-order valence-corrected chi connectivity index (χ2v) is 6.75. The van der Waals surface area contributed by atoms with Crippen LogP contribution in [0.25, 0.3) is 0 Å². The molecule has 2 amide bonds. The third-order valence-electron chi connectivity index (χ3n) is 4.56. The van der Waals surface area contributed by atoms with Crippen molar-refractivity contribution in [1.29, 1.82) is 0 Å². The Hall–Kier alpha value is -3.35. The first-order valence-corrected chi connectivity index (χ1v) is 10.00. The minimum atomic E-state index is -0.695. The summed E-state index contributed by atoms with van der Waals surface area (Å²) in [4.78, 5) is 36.1. The van der Waals surface area contributed by atoms with Gasteiger partial charge in [-0.1, -0.05) is 32.0 Å². The van der Waals surface area contributed by atoms with E-state index in [0.717, 1.165) is 12.0 Å². The summed E-state index contributed by atoms with van der Waals surface area (Å²) >= 11 is 0. The lowest BCUT2D eigenvalue weighted by Gasteiger charge is -2.15. The molecule has 7 nitrogen and oxygen atoms in total. The number of carbonyl (C=O) groups is 3. The second kappa shape index (κ2) is 11.6. The molecular formula is C23H28N2O5. The van der Waals surface area contributed by atoms with Crippen molar-refractivity contribution in [1.82, 2.24) is 5.32 Å². The van der Waals surface area contributed by atoms with Crippen molar-refractivity contribution in [2.24, 2.45) is 0 Å². The predicted octanol–water partition coefficient (Wildman–Crippen LogP) is 3.51. The third kappa shape index (κ3) is 6.92. The highest BCUT2D eigenvalue weighted by Gasteiger charge is 2.14. The first kappa shape index (κ1) is 22.9. The van der Waals surface area contributed by atoms with Gasteiger partial charge in [0.2, 0.25) is 0 Å². The maximum Gasteiger partial charge on any atom is 0.325 e. The van der Waals surface area contributed by atoms with Crippen molar-refractivity contribution in [3.63, 3.8) is 0 Å². The highest BCUT2D eigenvalue weighted by Crippen LogP contribution is 2.26. The van der Waals surface area contributed by atoms with E-state index in [1.807, 2.05) is 31.2 Å². The molecule has 0 fully saturated rings. The molecule has 0 aromatic heterocycles. The summed E-state index contributed by atoms with van der Waals surface area (Å²) in [5.74, 6) is -0.588. The van der Waals surface area contributed by atoms with Crippen molar-refractivity contribution in [3.05, 3.63) is 59.7 Å². The molecule has 0 aliphatic heterocycles. The predicted molar refractivity (Wildman–Crippen MR) is 115 cm³/mol. The number of rotatable bonds is 10. The molecule has 160 valence electrons. The summed E-state index contributed by atoms with van der Waals surface area (Å²) in [6.45, 7) is 5.81. The van der Waals surface area contributed by atoms with Crippen LogP contribution in [0.5, 0.6) is 5.75 Å². The van der Waals surface area contributed by atoms with Crippen LogP contribution in [0.15, 0.2) is 48.5 Å². The SMILES string of the molecule is CCOc1ccc(C(=O)NCC(=O)OCC(=O)Nc2ccccc2[C@H](C)CC)cc1. The number of nitrogens with one attached hydrogen (secondary N) is 2. The van der Waals surface area contributed by atoms with Gasteiger partial charge in [-0.15, -0.1) is 0 Å². The normalized spacial score (nSPS) is 11.3. The lowest BCUT2D eigenvalue weighted by Crippen LogP contribution is -2.32. The Labute approximate surface area is 176 Å². The van der Waals surface area contributed by atoms with Gasteiger partial charge in [0.25, 0.3) is 11.8 Å². The number of hydrogen-bond acceptors (Lipinski definition) is 5. The van der Waals surface area contributed by atoms with E-state index in [2.05, 4.69) is 24.5 Å². The highest BCUT2D eigenvalue weighted by molar-refractivity contribution is 5.96. The lowest BCUT2D eigenvalue weighted by molar-refractivity contribution is -0.146. The van der Waals surface area contributed by atoms with Gasteiger partial charge in [-0.2, -0.15) is 0 Å². The zero-order valence-electron chi connectivity index (χ0n) is 17.6. The number of hydrogen-bond donors (Lipinski definition) is 2. The molecule has 0 saturated heterocycles. The van der Waals surface area contributed by atoms with Gasteiger partial charge in [-0.25, -0.2) is 0 Å². The summed E-state index contributed by atoms with van der Waals surface area (Å²) < 4.78 is 10.3. The minimum Gasteiger partial charge on any atom is -0.494 e. The molecular weight excluding hydrogens is 384 g/mol. The topological polar surface area (TPSA) is 93.7 Å². The fourth-order valence-electron chi connectivity index (χ4n) is 2.77. The molecule has 0 heterocycles. The van der Waals surface area contributed by atoms with Gasteiger partial charge in [-0.05, 0) is 55.2 Å². The molecule has 30 heavy (non-hydrogen) atoms. The average molecular weight is 412 g/mol. The molecule has 0 aliphatic rings. The van der Waals surface area contributed by atoms with Gasteiger partial charge in [0.1, 0.15) is 12.3 Å². The van der Waals surface area contributed by atoms with E-state index < -0.39 is 24.4 Å². The van der Waals surface area contributed by atoms with Crippen LogP contribution in [-0.4, -0.2) is 37.5 Å². The summed E-state index contributed by atoms with van der Waals surface area (Å²) in [5.41, 5.74) is 2.13. The van der Waals surface area contributed by atoms with Gasteiger partial charge < -0.3 is 20.1 Å². The van der Waals surface area contributed by atoms with Crippen molar-refractivity contribution < 1.29 is 23.9 Å². The summed E-state index contributed by atoms with van der Waals surface area (Å²) in [6, 6.07) is 14.1. The Morgan fingerprint density at radius 1 is 1.00 bits per heavy atom. The van der Waals surface area contributed by atoms with Gasteiger partial charge in [0.15, 0.2) is 6.61 Å². The molecule has 2 aromatic carbocycles. The number of carbonyl (C=O) groups excluding carboxylic acids is 3. The first-order chi connectivity index (χ1) is 14.4. The Morgan fingerprint density at radius 2 is 1.70 bits per heavy atom. The molecule has 0 radical (unpaired) electrons. The van der Waals surface area contributed by atoms with E-state index in [4.69, 9.17) is 9.47 Å². The van der Waals surface area contributed by atoms with Crippen LogP contribution in [0.3, 0.4) is 0 Å². The number of benzene rings is 2. The summed E-state index contributed by atoms with van der Waals surface area (Å²) in [7, 11) is 0. The molecule has 2 rings (SSSR count). The number of para-hydroxylation sites is 1. The van der Waals surface area contributed by atoms with Gasteiger partial charge in [0.05, 0.1) is 6.61 Å². The minimum absolute atomic E-state index is 0.293. The Morgan fingerprint density at radius 3 is 2.37 bits per heavy atom.